The van der Waals surface area contributed by atoms with Crippen LogP contribution in [-0.2, 0) is 11.2 Å². The summed E-state index contributed by atoms with van der Waals surface area (Å²) in [6.45, 7) is 3.74. The Balaban J connectivity index is 0.00000484. The number of carbonyl (C=O) groups is 1. The van der Waals surface area contributed by atoms with Crippen molar-refractivity contribution in [1.82, 2.24) is 5.32 Å². The van der Waals surface area contributed by atoms with E-state index in [0.717, 1.165) is 6.42 Å². The summed E-state index contributed by atoms with van der Waals surface area (Å²) < 4.78 is 40.9. The number of ether oxygens (including phenoxy) is 1. The lowest BCUT2D eigenvalue weighted by molar-refractivity contribution is -0.274. The summed E-state index contributed by atoms with van der Waals surface area (Å²) >= 11 is 0. The fraction of sp³-hybridized carbons (Fsp3) is 0.533. The highest BCUT2D eigenvalue weighted by Crippen LogP contribution is 2.26. The number of halogens is 4. The number of hydrogen-bond acceptors (Lipinski definition) is 3. The largest absolute Gasteiger partial charge is 0.573 e. The minimum atomic E-state index is -4.74. The number of nitrogens with one attached hydrogen (secondary N) is 1. The number of hydrogen-bond donors (Lipinski definition) is 2. The summed E-state index contributed by atoms with van der Waals surface area (Å²) in [5.74, 6) is -0.572. The zero-order valence-electron chi connectivity index (χ0n) is 13.1. The van der Waals surface area contributed by atoms with Crippen LogP contribution in [0.3, 0.4) is 0 Å². The molecule has 23 heavy (non-hydrogen) atoms. The lowest BCUT2D eigenvalue weighted by atomic mass is 9.96. The molecule has 0 saturated carbocycles. The third-order valence-corrected chi connectivity index (χ3v) is 3.17. The number of carbonyl (C=O) groups excluding carboxylic acids is 1. The highest BCUT2D eigenvalue weighted by molar-refractivity contribution is 5.85. The van der Waals surface area contributed by atoms with Gasteiger partial charge in [0.25, 0.3) is 0 Å². The summed E-state index contributed by atoms with van der Waals surface area (Å²) in [6, 6.07) is 5.85. The van der Waals surface area contributed by atoms with Gasteiger partial charge in [-0.05, 0) is 31.4 Å². The number of nitrogens with two attached hydrogens (primary N) is 1. The van der Waals surface area contributed by atoms with Gasteiger partial charge >= 0.3 is 6.36 Å². The van der Waals surface area contributed by atoms with Crippen molar-refractivity contribution in [3.05, 3.63) is 29.8 Å². The van der Waals surface area contributed by atoms with Gasteiger partial charge < -0.3 is 15.8 Å². The Kier molecular flexibility index (Phi) is 8.41. The number of amides is 1. The van der Waals surface area contributed by atoms with Gasteiger partial charge in [-0.1, -0.05) is 31.5 Å². The SMILES string of the molecule is CCCC(C)(N)C(=O)NCCc1ccccc1OC(F)(F)F.Cl. The molecule has 1 atom stereocenters. The minimum Gasteiger partial charge on any atom is -0.406 e. The van der Waals surface area contributed by atoms with Crippen LogP contribution in [0.1, 0.15) is 32.3 Å². The average Bonchev–Trinajstić information content (AvgIpc) is 2.38. The first kappa shape index (κ1) is 21.5. The van der Waals surface area contributed by atoms with Crippen molar-refractivity contribution < 1.29 is 22.7 Å². The van der Waals surface area contributed by atoms with E-state index in [0.29, 0.717) is 12.0 Å². The van der Waals surface area contributed by atoms with E-state index in [1.807, 2.05) is 6.92 Å². The van der Waals surface area contributed by atoms with Gasteiger partial charge in [-0.25, -0.2) is 0 Å². The Morgan fingerprint density at radius 3 is 2.48 bits per heavy atom. The van der Waals surface area contributed by atoms with Crippen LogP contribution < -0.4 is 15.8 Å². The molecule has 1 rings (SSSR count). The zero-order valence-corrected chi connectivity index (χ0v) is 13.9. The van der Waals surface area contributed by atoms with Gasteiger partial charge in [0.05, 0.1) is 5.54 Å². The lowest BCUT2D eigenvalue weighted by Crippen LogP contribution is -2.51. The van der Waals surface area contributed by atoms with Gasteiger partial charge in [0.15, 0.2) is 0 Å². The molecule has 0 saturated heterocycles. The van der Waals surface area contributed by atoms with Crippen molar-refractivity contribution in [2.75, 3.05) is 6.54 Å². The monoisotopic (exact) mass is 354 g/mol. The standard InChI is InChI=1S/C15H21F3N2O2.ClH/c1-3-9-14(2,19)13(21)20-10-8-11-6-4-5-7-12(11)22-15(16,17)18;/h4-7H,3,8-10,19H2,1-2H3,(H,20,21);1H. The third-order valence-electron chi connectivity index (χ3n) is 3.17. The first-order chi connectivity index (χ1) is 10.2. The van der Waals surface area contributed by atoms with E-state index >= 15 is 0 Å². The molecule has 1 aromatic carbocycles. The maximum absolute atomic E-state index is 12.3. The fourth-order valence-corrected chi connectivity index (χ4v) is 2.08. The summed E-state index contributed by atoms with van der Waals surface area (Å²) in [5, 5.41) is 2.65. The van der Waals surface area contributed by atoms with Gasteiger partial charge in [-0.2, -0.15) is 0 Å². The molecule has 3 N–H and O–H groups in total. The highest BCUT2D eigenvalue weighted by Gasteiger charge is 2.32. The van der Waals surface area contributed by atoms with Crippen LogP contribution in [0.5, 0.6) is 5.75 Å². The molecule has 0 bridgehead atoms. The Labute approximate surface area is 140 Å². The van der Waals surface area contributed by atoms with Crippen LogP contribution in [0.25, 0.3) is 0 Å². The van der Waals surface area contributed by atoms with E-state index in [1.54, 1.807) is 13.0 Å². The molecule has 0 heterocycles. The molecule has 0 radical (unpaired) electrons. The summed E-state index contributed by atoms with van der Waals surface area (Å²) in [7, 11) is 0. The van der Waals surface area contributed by atoms with Crippen LogP contribution in [0.15, 0.2) is 24.3 Å². The van der Waals surface area contributed by atoms with E-state index in [9.17, 15) is 18.0 Å². The smallest absolute Gasteiger partial charge is 0.406 e. The van der Waals surface area contributed by atoms with Gasteiger partial charge in [0, 0.05) is 6.54 Å². The molecule has 1 amide bonds. The molecule has 0 aromatic heterocycles. The Morgan fingerprint density at radius 2 is 1.91 bits per heavy atom. The van der Waals surface area contributed by atoms with Gasteiger partial charge in [-0.3, -0.25) is 4.79 Å². The molecule has 0 fully saturated rings. The second-order valence-electron chi connectivity index (χ2n) is 5.33. The minimum absolute atomic E-state index is 0. The molecular weight excluding hydrogens is 333 g/mol. The van der Waals surface area contributed by atoms with Crippen LogP contribution in [0.4, 0.5) is 13.2 Å². The van der Waals surface area contributed by atoms with Crippen molar-refractivity contribution >= 4 is 18.3 Å². The number of benzene rings is 1. The lowest BCUT2D eigenvalue weighted by Gasteiger charge is -2.23. The maximum Gasteiger partial charge on any atom is 0.573 e. The van der Waals surface area contributed by atoms with Crippen LogP contribution >= 0.6 is 12.4 Å². The average molecular weight is 355 g/mol. The molecule has 8 heteroatoms. The molecular formula is C15H22ClF3N2O2. The van der Waals surface area contributed by atoms with Crippen LogP contribution in [0, 0.1) is 0 Å². The highest BCUT2D eigenvalue weighted by atomic mass is 35.5. The molecule has 0 aliphatic rings. The van der Waals surface area contributed by atoms with Crippen LogP contribution in [0.2, 0.25) is 0 Å². The Bertz CT molecular complexity index is 508. The molecule has 132 valence electrons. The predicted molar refractivity (Wildman–Crippen MR) is 84.6 cm³/mol. The van der Waals surface area contributed by atoms with Gasteiger partial charge in [0.1, 0.15) is 5.75 Å². The first-order valence-corrected chi connectivity index (χ1v) is 7.06. The summed E-state index contributed by atoms with van der Waals surface area (Å²) in [5.41, 5.74) is 5.27. The molecule has 1 aromatic rings. The molecule has 0 aliphatic carbocycles. The molecule has 0 aliphatic heterocycles. The van der Waals surface area contributed by atoms with Crippen LogP contribution in [-0.4, -0.2) is 24.4 Å². The van der Waals surface area contributed by atoms with Crippen molar-refractivity contribution in [3.63, 3.8) is 0 Å². The fourth-order valence-electron chi connectivity index (χ4n) is 2.08. The molecule has 4 nitrogen and oxygen atoms in total. The van der Waals surface area contributed by atoms with E-state index < -0.39 is 11.9 Å². The van der Waals surface area contributed by atoms with Crippen molar-refractivity contribution in [2.24, 2.45) is 5.73 Å². The van der Waals surface area contributed by atoms with Gasteiger partial charge in [-0.15, -0.1) is 25.6 Å². The number of para-hydroxylation sites is 1. The van der Waals surface area contributed by atoms with E-state index in [-0.39, 0.29) is 37.0 Å². The third kappa shape index (κ3) is 7.56. The Hall–Kier alpha value is -1.47. The van der Waals surface area contributed by atoms with Crippen molar-refractivity contribution in [2.45, 2.75) is 45.0 Å². The second kappa shape index (κ2) is 8.98. The second-order valence-corrected chi connectivity index (χ2v) is 5.33. The maximum atomic E-state index is 12.3. The summed E-state index contributed by atoms with van der Waals surface area (Å²) in [4.78, 5) is 11.9. The number of rotatable bonds is 7. The first-order valence-electron chi connectivity index (χ1n) is 7.06. The normalized spacial score (nSPS) is 13.7. The zero-order chi connectivity index (χ0) is 16.8. The van der Waals surface area contributed by atoms with Gasteiger partial charge in [0.2, 0.25) is 5.91 Å². The van der Waals surface area contributed by atoms with E-state index in [4.69, 9.17) is 5.73 Å². The van der Waals surface area contributed by atoms with E-state index in [2.05, 4.69) is 10.1 Å². The molecule has 0 spiro atoms. The number of alkyl halides is 3. The Morgan fingerprint density at radius 1 is 1.30 bits per heavy atom. The van der Waals surface area contributed by atoms with E-state index in [1.165, 1.54) is 18.2 Å². The van der Waals surface area contributed by atoms with Crippen molar-refractivity contribution in [3.8, 4) is 5.75 Å². The molecule has 1 unspecified atom stereocenters. The topological polar surface area (TPSA) is 64.4 Å². The summed E-state index contributed by atoms with van der Waals surface area (Å²) in [6.07, 6.45) is -3.22. The quantitative estimate of drug-likeness (QED) is 0.790. The van der Waals surface area contributed by atoms with Crippen molar-refractivity contribution in [1.29, 1.82) is 0 Å². The predicted octanol–water partition coefficient (Wildman–Crippen LogP) is 3.18.